The highest BCUT2D eigenvalue weighted by atomic mass is 79.9. The van der Waals surface area contributed by atoms with Gasteiger partial charge in [0.05, 0.1) is 23.0 Å². The summed E-state index contributed by atoms with van der Waals surface area (Å²) in [6.45, 7) is 3.42. The van der Waals surface area contributed by atoms with Crippen LogP contribution < -0.4 is 9.75 Å². The predicted molar refractivity (Wildman–Crippen MR) is 135 cm³/mol. The molecule has 0 N–H and O–H groups in total. The molecule has 1 aliphatic heterocycles. The summed E-state index contributed by atoms with van der Waals surface area (Å²) in [5.41, 5.74) is 4.17. The SMILES string of the molecule is Cc1c(OCCN(C)C)cccc1C1CC(c2ccccn2)=NN(c2ccccc2Br)C1=O. The first-order valence-electron chi connectivity index (χ1n) is 10.9. The molecule has 0 fully saturated rings. The Morgan fingerprint density at radius 1 is 1.09 bits per heavy atom. The lowest BCUT2D eigenvalue weighted by Crippen LogP contribution is -2.38. The van der Waals surface area contributed by atoms with E-state index in [1.165, 1.54) is 5.01 Å². The van der Waals surface area contributed by atoms with Crippen LogP contribution in [0.15, 0.2) is 76.4 Å². The van der Waals surface area contributed by atoms with Gasteiger partial charge in [0.2, 0.25) is 0 Å². The second-order valence-corrected chi connectivity index (χ2v) is 9.10. The van der Waals surface area contributed by atoms with Gasteiger partial charge < -0.3 is 9.64 Å². The molecule has 1 amide bonds. The first kappa shape index (κ1) is 23.1. The van der Waals surface area contributed by atoms with Crippen molar-refractivity contribution in [1.29, 1.82) is 0 Å². The number of hydrogen-bond donors (Lipinski definition) is 0. The van der Waals surface area contributed by atoms with Crippen LogP contribution in [-0.2, 0) is 4.79 Å². The van der Waals surface area contributed by atoms with Gasteiger partial charge in [0.15, 0.2) is 0 Å². The second-order valence-electron chi connectivity index (χ2n) is 8.24. The lowest BCUT2D eigenvalue weighted by atomic mass is 9.87. The number of carbonyl (C=O) groups is 1. The van der Waals surface area contributed by atoms with Crippen LogP contribution in [0, 0.1) is 6.92 Å². The Hall–Kier alpha value is -3.03. The topological polar surface area (TPSA) is 58.0 Å². The molecule has 6 nitrogen and oxygen atoms in total. The molecule has 0 saturated heterocycles. The molecule has 1 aliphatic rings. The molecule has 2 aromatic carbocycles. The number of hydrazone groups is 1. The first-order chi connectivity index (χ1) is 16.0. The molecule has 33 heavy (non-hydrogen) atoms. The summed E-state index contributed by atoms with van der Waals surface area (Å²) in [7, 11) is 4.03. The van der Waals surface area contributed by atoms with Crippen LogP contribution >= 0.6 is 15.9 Å². The zero-order valence-electron chi connectivity index (χ0n) is 19.0. The minimum atomic E-state index is -0.399. The van der Waals surface area contributed by atoms with Crippen molar-refractivity contribution in [2.24, 2.45) is 5.10 Å². The molecule has 0 aliphatic carbocycles. The number of hydrogen-bond acceptors (Lipinski definition) is 5. The van der Waals surface area contributed by atoms with E-state index < -0.39 is 5.92 Å². The molecular formula is C26H27BrN4O2. The molecule has 1 atom stereocenters. The third-order valence-electron chi connectivity index (χ3n) is 5.66. The minimum Gasteiger partial charge on any atom is -0.492 e. The summed E-state index contributed by atoms with van der Waals surface area (Å²) in [4.78, 5) is 20.3. The first-order valence-corrected chi connectivity index (χ1v) is 11.7. The molecule has 4 rings (SSSR count). The number of likely N-dealkylation sites (N-methyl/N-ethyl adjacent to an activating group) is 1. The fourth-order valence-electron chi connectivity index (χ4n) is 3.87. The Labute approximate surface area is 203 Å². The Morgan fingerprint density at radius 3 is 2.61 bits per heavy atom. The standard InChI is InChI=1S/C26H27BrN4O2/c1-18-19(9-8-13-25(18)33-16-15-30(2)3)20-17-23(22-11-6-7-14-28-22)29-31(26(20)32)24-12-5-4-10-21(24)27/h4-14,20H,15-17H2,1-3H3. The van der Waals surface area contributed by atoms with Crippen LogP contribution in [-0.4, -0.2) is 48.7 Å². The van der Waals surface area contributed by atoms with E-state index in [2.05, 4.69) is 25.8 Å². The third-order valence-corrected chi connectivity index (χ3v) is 6.33. The number of benzene rings is 2. The maximum absolute atomic E-state index is 13.8. The van der Waals surface area contributed by atoms with Crippen molar-refractivity contribution in [3.63, 3.8) is 0 Å². The highest BCUT2D eigenvalue weighted by Crippen LogP contribution is 2.37. The van der Waals surface area contributed by atoms with Crippen molar-refractivity contribution in [3.05, 3.63) is 88.2 Å². The molecule has 0 saturated carbocycles. The average Bonchev–Trinajstić information content (AvgIpc) is 2.81. The van der Waals surface area contributed by atoms with E-state index in [4.69, 9.17) is 9.84 Å². The largest absolute Gasteiger partial charge is 0.492 e. The third kappa shape index (κ3) is 5.15. The molecule has 2 heterocycles. The number of ether oxygens (including phenoxy) is 1. The van der Waals surface area contributed by atoms with Crippen molar-refractivity contribution in [3.8, 4) is 5.75 Å². The number of aromatic nitrogens is 1. The summed E-state index contributed by atoms with van der Waals surface area (Å²) in [6.07, 6.45) is 2.22. The van der Waals surface area contributed by atoms with Crippen molar-refractivity contribution < 1.29 is 9.53 Å². The van der Waals surface area contributed by atoms with Crippen LogP contribution in [0.5, 0.6) is 5.75 Å². The predicted octanol–water partition coefficient (Wildman–Crippen LogP) is 5.02. The van der Waals surface area contributed by atoms with E-state index in [9.17, 15) is 4.79 Å². The van der Waals surface area contributed by atoms with Gasteiger partial charge in [-0.25, -0.2) is 0 Å². The Balaban J connectivity index is 1.74. The molecular weight excluding hydrogens is 480 g/mol. The molecule has 3 aromatic rings. The highest BCUT2D eigenvalue weighted by molar-refractivity contribution is 9.10. The van der Waals surface area contributed by atoms with Gasteiger partial charge >= 0.3 is 0 Å². The summed E-state index contributed by atoms with van der Waals surface area (Å²) in [5.74, 6) is 0.329. The number of nitrogens with zero attached hydrogens (tertiary/aromatic N) is 4. The van der Waals surface area contributed by atoms with Crippen molar-refractivity contribution >= 4 is 33.2 Å². The van der Waals surface area contributed by atoms with Gasteiger partial charge in [-0.3, -0.25) is 9.78 Å². The molecule has 0 radical (unpaired) electrons. The van der Waals surface area contributed by atoms with Gasteiger partial charge in [-0.05, 0) is 78.4 Å². The zero-order valence-corrected chi connectivity index (χ0v) is 20.6. The summed E-state index contributed by atoms with van der Waals surface area (Å²) in [5, 5.41) is 6.23. The lowest BCUT2D eigenvalue weighted by Gasteiger charge is -2.31. The summed E-state index contributed by atoms with van der Waals surface area (Å²) in [6, 6.07) is 19.3. The number of carbonyl (C=O) groups excluding carboxylic acids is 1. The Bertz CT molecular complexity index is 1160. The smallest absolute Gasteiger partial charge is 0.255 e. The maximum Gasteiger partial charge on any atom is 0.255 e. The Morgan fingerprint density at radius 2 is 1.88 bits per heavy atom. The molecule has 1 unspecified atom stereocenters. The van der Waals surface area contributed by atoms with Crippen molar-refractivity contribution in [1.82, 2.24) is 9.88 Å². The van der Waals surface area contributed by atoms with Gasteiger partial charge in [0, 0.05) is 23.6 Å². The number of halogens is 1. The second kappa shape index (κ2) is 10.3. The number of para-hydroxylation sites is 1. The molecule has 1 aromatic heterocycles. The van der Waals surface area contributed by atoms with Crippen LogP contribution in [0.2, 0.25) is 0 Å². The maximum atomic E-state index is 13.8. The number of amides is 1. The normalized spacial score (nSPS) is 16.2. The minimum absolute atomic E-state index is 0.0740. The average molecular weight is 507 g/mol. The van der Waals surface area contributed by atoms with Crippen LogP contribution in [0.3, 0.4) is 0 Å². The van der Waals surface area contributed by atoms with E-state index in [1.54, 1.807) is 6.20 Å². The van der Waals surface area contributed by atoms with Gasteiger partial charge in [-0.2, -0.15) is 10.1 Å². The van der Waals surface area contributed by atoms with Crippen LogP contribution in [0.25, 0.3) is 0 Å². The summed E-state index contributed by atoms with van der Waals surface area (Å²) >= 11 is 3.58. The lowest BCUT2D eigenvalue weighted by molar-refractivity contribution is -0.120. The highest BCUT2D eigenvalue weighted by Gasteiger charge is 2.35. The van der Waals surface area contributed by atoms with E-state index in [1.807, 2.05) is 81.7 Å². The van der Waals surface area contributed by atoms with Gasteiger partial charge in [-0.15, -0.1) is 0 Å². The van der Waals surface area contributed by atoms with Gasteiger partial charge in [0.25, 0.3) is 5.91 Å². The monoisotopic (exact) mass is 506 g/mol. The fourth-order valence-corrected chi connectivity index (χ4v) is 4.32. The van der Waals surface area contributed by atoms with Crippen LogP contribution in [0.4, 0.5) is 5.69 Å². The van der Waals surface area contributed by atoms with E-state index in [0.29, 0.717) is 18.7 Å². The number of pyridine rings is 1. The molecule has 170 valence electrons. The van der Waals surface area contributed by atoms with E-state index in [0.717, 1.165) is 39.3 Å². The van der Waals surface area contributed by atoms with E-state index in [-0.39, 0.29) is 5.91 Å². The number of rotatable bonds is 7. The fraction of sp³-hybridized carbons (Fsp3) is 0.269. The van der Waals surface area contributed by atoms with Gasteiger partial charge in [-0.1, -0.05) is 30.3 Å². The van der Waals surface area contributed by atoms with Crippen molar-refractivity contribution in [2.45, 2.75) is 19.3 Å². The van der Waals surface area contributed by atoms with E-state index >= 15 is 0 Å². The number of anilines is 1. The quantitative estimate of drug-likeness (QED) is 0.451. The molecule has 0 bridgehead atoms. The Kier molecular flexibility index (Phi) is 7.20. The zero-order chi connectivity index (χ0) is 23.4. The summed E-state index contributed by atoms with van der Waals surface area (Å²) < 4.78 is 6.85. The van der Waals surface area contributed by atoms with Gasteiger partial charge in [0.1, 0.15) is 12.4 Å². The van der Waals surface area contributed by atoms with Crippen molar-refractivity contribution in [2.75, 3.05) is 32.3 Å². The molecule has 0 spiro atoms. The van der Waals surface area contributed by atoms with Crippen LogP contribution in [0.1, 0.15) is 29.2 Å². The molecule has 7 heteroatoms.